The molecule has 0 radical (unpaired) electrons. The summed E-state index contributed by atoms with van der Waals surface area (Å²) in [5.74, 6) is -0.289. The van der Waals surface area contributed by atoms with Crippen LogP contribution in [0.15, 0.2) is 65.6 Å². The van der Waals surface area contributed by atoms with Crippen LogP contribution in [-0.4, -0.2) is 43.5 Å². The summed E-state index contributed by atoms with van der Waals surface area (Å²) in [6.07, 6.45) is 3.19. The standard InChI is InChI=1S/C17H20N2O5S/c1-4-12-10-16(17(20)18-21)19(11-13(12)5-2)25(22,23)15-8-6-14(24-3)7-9-15/h4-9,16,21H,1-2,10-11H2,3H3,(H,18,20)/t16-/m1/s1. The number of nitrogens with zero attached hydrogens (tertiary/aromatic N) is 1. The van der Waals surface area contributed by atoms with Gasteiger partial charge in [-0.3, -0.25) is 10.0 Å². The third-order valence-corrected chi connectivity index (χ3v) is 5.94. The second-order valence-electron chi connectivity index (χ2n) is 5.38. The molecule has 0 saturated carbocycles. The Balaban J connectivity index is 2.50. The van der Waals surface area contributed by atoms with Crippen molar-refractivity contribution in [2.75, 3.05) is 13.7 Å². The van der Waals surface area contributed by atoms with Crippen LogP contribution in [0, 0.1) is 0 Å². The number of carbonyl (C=O) groups is 1. The maximum atomic E-state index is 13.0. The van der Waals surface area contributed by atoms with Crippen LogP contribution >= 0.6 is 0 Å². The van der Waals surface area contributed by atoms with Gasteiger partial charge in [0.1, 0.15) is 11.8 Å². The number of hydrogen-bond acceptors (Lipinski definition) is 5. The zero-order valence-electron chi connectivity index (χ0n) is 13.8. The monoisotopic (exact) mass is 364 g/mol. The summed E-state index contributed by atoms with van der Waals surface area (Å²) in [6.45, 7) is 7.33. The molecule has 25 heavy (non-hydrogen) atoms. The first kappa shape index (κ1) is 18.9. The lowest BCUT2D eigenvalue weighted by Crippen LogP contribution is -2.51. The molecule has 1 amide bonds. The van der Waals surface area contributed by atoms with Gasteiger partial charge in [0.2, 0.25) is 10.0 Å². The number of rotatable bonds is 6. The summed E-state index contributed by atoms with van der Waals surface area (Å²) in [4.78, 5) is 12.1. The minimum atomic E-state index is -3.98. The Hall–Kier alpha value is -2.42. The molecule has 134 valence electrons. The first-order valence-corrected chi connectivity index (χ1v) is 8.89. The van der Waals surface area contributed by atoms with Crippen LogP contribution in [0.4, 0.5) is 0 Å². The number of methoxy groups -OCH3 is 1. The molecule has 8 heteroatoms. The van der Waals surface area contributed by atoms with Crippen molar-refractivity contribution in [1.29, 1.82) is 0 Å². The van der Waals surface area contributed by atoms with Crippen LogP contribution in [0.3, 0.4) is 0 Å². The van der Waals surface area contributed by atoms with E-state index >= 15 is 0 Å². The van der Waals surface area contributed by atoms with E-state index in [0.29, 0.717) is 16.9 Å². The van der Waals surface area contributed by atoms with E-state index in [2.05, 4.69) is 13.2 Å². The van der Waals surface area contributed by atoms with Gasteiger partial charge in [-0.05, 0) is 41.8 Å². The minimum absolute atomic E-state index is 0.0227. The van der Waals surface area contributed by atoms with Crippen molar-refractivity contribution in [2.24, 2.45) is 0 Å². The van der Waals surface area contributed by atoms with Gasteiger partial charge in [0, 0.05) is 6.54 Å². The third kappa shape index (κ3) is 3.65. The smallest absolute Gasteiger partial charge is 0.262 e. The van der Waals surface area contributed by atoms with Crippen molar-refractivity contribution < 1.29 is 23.2 Å². The van der Waals surface area contributed by atoms with Gasteiger partial charge in [-0.2, -0.15) is 4.31 Å². The molecule has 0 aliphatic carbocycles. The summed E-state index contributed by atoms with van der Waals surface area (Å²) in [7, 11) is -2.50. The largest absolute Gasteiger partial charge is 0.497 e. The highest BCUT2D eigenvalue weighted by Gasteiger charge is 2.39. The molecule has 0 spiro atoms. The molecular formula is C17H20N2O5S. The van der Waals surface area contributed by atoms with Gasteiger partial charge < -0.3 is 4.74 Å². The van der Waals surface area contributed by atoms with Gasteiger partial charge in [-0.25, -0.2) is 13.9 Å². The summed E-state index contributed by atoms with van der Waals surface area (Å²) in [5.41, 5.74) is 2.91. The highest BCUT2D eigenvalue weighted by molar-refractivity contribution is 7.89. The number of nitrogens with one attached hydrogen (secondary N) is 1. The number of hydrogen-bond donors (Lipinski definition) is 2. The fraction of sp³-hybridized carbons (Fsp3) is 0.235. The SMILES string of the molecule is C=CC1=C(C=C)CN(S(=O)(=O)c2ccc(OC)cc2)[C@@H](C(=O)NO)C1. The second kappa shape index (κ2) is 7.64. The van der Waals surface area contributed by atoms with Crippen LogP contribution in [0.1, 0.15) is 6.42 Å². The predicted octanol–water partition coefficient (Wildman–Crippen LogP) is 1.63. The van der Waals surface area contributed by atoms with Crippen molar-refractivity contribution >= 4 is 15.9 Å². The van der Waals surface area contributed by atoms with Gasteiger partial charge >= 0.3 is 0 Å². The summed E-state index contributed by atoms with van der Waals surface area (Å²) >= 11 is 0. The Kier molecular flexibility index (Phi) is 5.78. The quantitative estimate of drug-likeness (QED) is 0.591. The minimum Gasteiger partial charge on any atom is -0.497 e. The van der Waals surface area contributed by atoms with Crippen molar-refractivity contribution in [1.82, 2.24) is 9.79 Å². The molecule has 2 rings (SSSR count). The molecule has 0 saturated heterocycles. The zero-order valence-corrected chi connectivity index (χ0v) is 14.6. The van der Waals surface area contributed by atoms with E-state index in [1.807, 2.05) is 0 Å². The number of carbonyl (C=O) groups excluding carboxylic acids is 1. The molecule has 1 aromatic rings. The average Bonchev–Trinajstić information content (AvgIpc) is 2.66. The fourth-order valence-corrected chi connectivity index (χ4v) is 4.23. The zero-order chi connectivity index (χ0) is 18.6. The van der Waals surface area contributed by atoms with E-state index in [4.69, 9.17) is 9.94 Å². The summed E-state index contributed by atoms with van der Waals surface area (Å²) in [6, 6.07) is 4.77. The van der Waals surface area contributed by atoms with E-state index < -0.39 is 22.0 Å². The Morgan fingerprint density at radius 1 is 1.28 bits per heavy atom. The molecule has 1 aliphatic heterocycles. The molecule has 1 heterocycles. The lowest BCUT2D eigenvalue weighted by atomic mass is 9.95. The average molecular weight is 364 g/mol. The molecule has 0 unspecified atom stereocenters. The van der Waals surface area contributed by atoms with E-state index in [1.54, 1.807) is 12.2 Å². The van der Waals surface area contributed by atoms with Crippen LogP contribution in [-0.2, 0) is 14.8 Å². The predicted molar refractivity (Wildman–Crippen MR) is 92.6 cm³/mol. The molecule has 2 N–H and O–H groups in total. The van der Waals surface area contributed by atoms with Crippen LogP contribution in [0.25, 0.3) is 0 Å². The Bertz CT molecular complexity index is 812. The van der Waals surface area contributed by atoms with Gasteiger partial charge in [-0.15, -0.1) is 0 Å². The van der Waals surface area contributed by atoms with Gasteiger partial charge in [-0.1, -0.05) is 25.3 Å². The third-order valence-electron chi connectivity index (χ3n) is 4.07. The molecule has 7 nitrogen and oxygen atoms in total. The van der Waals surface area contributed by atoms with E-state index in [1.165, 1.54) is 36.9 Å². The van der Waals surface area contributed by atoms with Crippen molar-refractivity contribution in [3.63, 3.8) is 0 Å². The number of ether oxygens (including phenoxy) is 1. The summed E-state index contributed by atoms with van der Waals surface area (Å²) < 4.78 is 32.1. The van der Waals surface area contributed by atoms with Crippen molar-refractivity contribution in [3.05, 3.63) is 60.7 Å². The van der Waals surface area contributed by atoms with Gasteiger partial charge in [0.25, 0.3) is 5.91 Å². The van der Waals surface area contributed by atoms with Crippen LogP contribution < -0.4 is 10.2 Å². The maximum absolute atomic E-state index is 13.0. The molecule has 1 aliphatic rings. The number of benzene rings is 1. The molecule has 0 fully saturated rings. The fourth-order valence-electron chi connectivity index (χ4n) is 2.66. The van der Waals surface area contributed by atoms with Crippen molar-refractivity contribution in [3.8, 4) is 5.75 Å². The lowest BCUT2D eigenvalue weighted by molar-refractivity contribution is -0.133. The van der Waals surface area contributed by atoms with Crippen LogP contribution in [0.5, 0.6) is 5.75 Å². The Labute approximate surface area is 146 Å². The first-order chi connectivity index (χ1) is 11.9. The Morgan fingerprint density at radius 2 is 1.88 bits per heavy atom. The van der Waals surface area contributed by atoms with Crippen molar-refractivity contribution in [2.45, 2.75) is 17.4 Å². The molecule has 0 bridgehead atoms. The number of allylic oxidation sites excluding steroid dienone is 1. The topological polar surface area (TPSA) is 95.9 Å². The number of sulfonamides is 1. The molecule has 1 aromatic carbocycles. The lowest BCUT2D eigenvalue weighted by Gasteiger charge is -2.34. The first-order valence-electron chi connectivity index (χ1n) is 7.45. The highest BCUT2D eigenvalue weighted by atomic mass is 32.2. The molecular weight excluding hydrogens is 344 g/mol. The van der Waals surface area contributed by atoms with Gasteiger partial charge in [0.15, 0.2) is 0 Å². The van der Waals surface area contributed by atoms with E-state index in [9.17, 15) is 13.2 Å². The number of hydroxylamine groups is 1. The van der Waals surface area contributed by atoms with E-state index in [-0.39, 0.29) is 17.9 Å². The summed E-state index contributed by atoms with van der Waals surface area (Å²) in [5, 5.41) is 8.99. The molecule has 1 atom stereocenters. The molecule has 0 aromatic heterocycles. The maximum Gasteiger partial charge on any atom is 0.262 e. The normalized spacial score (nSPS) is 18.6. The highest BCUT2D eigenvalue weighted by Crippen LogP contribution is 2.30. The number of amides is 1. The second-order valence-corrected chi connectivity index (χ2v) is 7.27. The Morgan fingerprint density at radius 3 is 2.36 bits per heavy atom. The van der Waals surface area contributed by atoms with E-state index in [0.717, 1.165) is 4.31 Å². The van der Waals surface area contributed by atoms with Gasteiger partial charge in [0.05, 0.1) is 12.0 Å². The van der Waals surface area contributed by atoms with Crippen LogP contribution in [0.2, 0.25) is 0 Å².